The van der Waals surface area contributed by atoms with Crippen LogP contribution in [0.15, 0.2) is 72.8 Å². The summed E-state index contributed by atoms with van der Waals surface area (Å²) < 4.78 is 0. The number of nitrogens with zero attached hydrogens (tertiary/aromatic N) is 1. The van der Waals surface area contributed by atoms with E-state index in [2.05, 4.69) is 5.32 Å². The van der Waals surface area contributed by atoms with Crippen molar-refractivity contribution in [3.63, 3.8) is 0 Å². The molecule has 0 spiro atoms. The first kappa shape index (κ1) is 18.1. The van der Waals surface area contributed by atoms with E-state index < -0.39 is 17.8 Å². The lowest BCUT2D eigenvalue weighted by Gasteiger charge is -2.14. The van der Waals surface area contributed by atoms with Gasteiger partial charge in [-0.1, -0.05) is 24.3 Å². The highest BCUT2D eigenvalue weighted by molar-refractivity contribution is 6.34. The molecule has 142 valence electrons. The number of amides is 3. The first-order valence-corrected chi connectivity index (χ1v) is 8.66. The molecule has 0 fully saturated rings. The summed E-state index contributed by atoms with van der Waals surface area (Å²) in [5, 5.41) is 13.8. The van der Waals surface area contributed by atoms with E-state index in [4.69, 9.17) is 0 Å². The summed E-state index contributed by atoms with van der Waals surface area (Å²) in [5.74, 6) is -2.95. The average molecular weight is 385 g/mol. The number of benzene rings is 3. The summed E-state index contributed by atoms with van der Waals surface area (Å²) in [6, 6.07) is 18.6. The SMILES string of the molecule is O=C([O-])c1ccc2c(c1)C(=O)N(c1ccc(C(=O)Nc3ccccc3)cc1)C2=O. The number of rotatable bonds is 4. The maximum atomic E-state index is 12.7. The number of imide groups is 1. The summed E-state index contributed by atoms with van der Waals surface area (Å²) in [6.45, 7) is 0. The molecular weight excluding hydrogens is 372 g/mol. The van der Waals surface area contributed by atoms with Crippen molar-refractivity contribution in [3.8, 4) is 0 Å². The van der Waals surface area contributed by atoms with E-state index in [0.29, 0.717) is 11.3 Å². The number of fused-ring (bicyclic) bond motifs is 1. The molecule has 3 aromatic rings. The van der Waals surface area contributed by atoms with Gasteiger partial charge in [-0.25, -0.2) is 4.90 Å². The molecule has 1 aliphatic heterocycles. The Morgan fingerprint density at radius 3 is 2.03 bits per heavy atom. The molecule has 4 rings (SSSR count). The van der Waals surface area contributed by atoms with Crippen LogP contribution < -0.4 is 15.3 Å². The van der Waals surface area contributed by atoms with Gasteiger partial charge in [0.2, 0.25) is 0 Å². The highest BCUT2D eigenvalue weighted by atomic mass is 16.4. The molecule has 3 aromatic carbocycles. The van der Waals surface area contributed by atoms with E-state index >= 15 is 0 Å². The molecular formula is C22H13N2O5-. The number of carbonyl (C=O) groups is 4. The second-order valence-electron chi connectivity index (χ2n) is 6.36. The third-order valence-corrected chi connectivity index (χ3v) is 4.54. The smallest absolute Gasteiger partial charge is 0.266 e. The summed E-state index contributed by atoms with van der Waals surface area (Å²) in [6.07, 6.45) is 0. The maximum Gasteiger partial charge on any atom is 0.266 e. The van der Waals surface area contributed by atoms with E-state index in [1.165, 1.54) is 36.4 Å². The fraction of sp³-hybridized carbons (Fsp3) is 0. The van der Waals surface area contributed by atoms with E-state index in [0.717, 1.165) is 11.0 Å². The Labute approximate surface area is 165 Å². The van der Waals surface area contributed by atoms with Crippen LogP contribution in [0.5, 0.6) is 0 Å². The van der Waals surface area contributed by atoms with Crippen LogP contribution in [0.3, 0.4) is 0 Å². The Kier molecular flexibility index (Phi) is 4.40. The van der Waals surface area contributed by atoms with Crippen molar-refractivity contribution >= 4 is 35.1 Å². The van der Waals surface area contributed by atoms with Crippen LogP contribution in [0.25, 0.3) is 0 Å². The number of hydrogen-bond acceptors (Lipinski definition) is 5. The number of para-hydroxylation sites is 1. The second kappa shape index (κ2) is 7.05. The minimum absolute atomic E-state index is 0.00240. The minimum atomic E-state index is -1.43. The van der Waals surface area contributed by atoms with Gasteiger partial charge in [0, 0.05) is 11.3 Å². The van der Waals surface area contributed by atoms with E-state index in [9.17, 15) is 24.3 Å². The molecule has 0 saturated carbocycles. The number of aromatic carboxylic acids is 1. The lowest BCUT2D eigenvalue weighted by atomic mass is 10.1. The first-order chi connectivity index (χ1) is 14.0. The van der Waals surface area contributed by atoms with Gasteiger partial charge >= 0.3 is 0 Å². The normalized spacial score (nSPS) is 12.6. The van der Waals surface area contributed by atoms with Crippen molar-refractivity contribution in [3.05, 3.63) is 95.1 Å². The lowest BCUT2D eigenvalue weighted by molar-refractivity contribution is -0.255. The monoisotopic (exact) mass is 385 g/mol. The first-order valence-electron chi connectivity index (χ1n) is 8.66. The van der Waals surface area contributed by atoms with E-state index in [-0.39, 0.29) is 28.3 Å². The fourth-order valence-electron chi connectivity index (χ4n) is 3.09. The fourth-order valence-corrected chi connectivity index (χ4v) is 3.09. The summed E-state index contributed by atoms with van der Waals surface area (Å²) in [4.78, 5) is 49.6. The number of carboxylic acids is 1. The molecule has 0 aromatic heterocycles. The zero-order valence-corrected chi connectivity index (χ0v) is 14.9. The molecule has 0 atom stereocenters. The number of carboxylic acid groups (broad SMARTS) is 1. The third-order valence-electron chi connectivity index (χ3n) is 4.54. The van der Waals surface area contributed by atoms with Crippen molar-refractivity contribution in [1.82, 2.24) is 0 Å². The highest BCUT2D eigenvalue weighted by Gasteiger charge is 2.36. The molecule has 1 heterocycles. The minimum Gasteiger partial charge on any atom is -0.545 e. The zero-order chi connectivity index (χ0) is 20.5. The predicted octanol–water partition coefficient (Wildman–Crippen LogP) is 2.10. The molecule has 1 N–H and O–H groups in total. The third kappa shape index (κ3) is 3.25. The maximum absolute atomic E-state index is 12.7. The molecule has 3 amide bonds. The average Bonchev–Trinajstić information content (AvgIpc) is 2.98. The Bertz CT molecular complexity index is 1150. The number of carbonyl (C=O) groups excluding carboxylic acids is 4. The van der Waals surface area contributed by atoms with Gasteiger partial charge in [0.1, 0.15) is 0 Å². The number of nitrogens with one attached hydrogen (secondary N) is 1. The van der Waals surface area contributed by atoms with Gasteiger partial charge < -0.3 is 15.2 Å². The van der Waals surface area contributed by atoms with Crippen LogP contribution in [-0.4, -0.2) is 23.7 Å². The van der Waals surface area contributed by atoms with Gasteiger partial charge in [-0.3, -0.25) is 14.4 Å². The van der Waals surface area contributed by atoms with Crippen molar-refractivity contribution in [2.45, 2.75) is 0 Å². The molecule has 0 saturated heterocycles. The van der Waals surface area contributed by atoms with Crippen LogP contribution in [0.4, 0.5) is 11.4 Å². The second-order valence-corrected chi connectivity index (χ2v) is 6.36. The number of anilines is 2. The Morgan fingerprint density at radius 2 is 1.38 bits per heavy atom. The van der Waals surface area contributed by atoms with Crippen LogP contribution in [0.1, 0.15) is 41.4 Å². The molecule has 29 heavy (non-hydrogen) atoms. The molecule has 7 nitrogen and oxygen atoms in total. The number of hydrogen-bond donors (Lipinski definition) is 1. The molecule has 0 aliphatic carbocycles. The van der Waals surface area contributed by atoms with E-state index in [1.807, 2.05) is 6.07 Å². The van der Waals surface area contributed by atoms with Crippen molar-refractivity contribution < 1.29 is 24.3 Å². The van der Waals surface area contributed by atoms with E-state index in [1.54, 1.807) is 24.3 Å². The molecule has 7 heteroatoms. The zero-order valence-electron chi connectivity index (χ0n) is 14.9. The summed E-state index contributed by atoms with van der Waals surface area (Å²) >= 11 is 0. The molecule has 0 unspecified atom stereocenters. The largest absolute Gasteiger partial charge is 0.545 e. The summed E-state index contributed by atoms with van der Waals surface area (Å²) in [5.41, 5.74) is 1.22. The van der Waals surface area contributed by atoms with Crippen molar-refractivity contribution in [2.75, 3.05) is 10.2 Å². The topological polar surface area (TPSA) is 107 Å². The van der Waals surface area contributed by atoms with Crippen LogP contribution in [-0.2, 0) is 0 Å². The Morgan fingerprint density at radius 1 is 0.759 bits per heavy atom. The van der Waals surface area contributed by atoms with Gasteiger partial charge in [0.25, 0.3) is 17.7 Å². The molecule has 0 bridgehead atoms. The van der Waals surface area contributed by atoms with Crippen LogP contribution >= 0.6 is 0 Å². The van der Waals surface area contributed by atoms with Crippen molar-refractivity contribution in [1.29, 1.82) is 0 Å². The van der Waals surface area contributed by atoms with Gasteiger partial charge in [0.05, 0.1) is 22.8 Å². The van der Waals surface area contributed by atoms with Gasteiger partial charge in [-0.05, 0) is 54.1 Å². The van der Waals surface area contributed by atoms with Crippen LogP contribution in [0, 0.1) is 0 Å². The van der Waals surface area contributed by atoms with Gasteiger partial charge in [-0.15, -0.1) is 0 Å². The summed E-state index contributed by atoms with van der Waals surface area (Å²) in [7, 11) is 0. The Balaban J connectivity index is 1.58. The Hall–Kier alpha value is -4.26. The predicted molar refractivity (Wildman–Crippen MR) is 103 cm³/mol. The quantitative estimate of drug-likeness (QED) is 0.692. The van der Waals surface area contributed by atoms with Gasteiger partial charge in [0.15, 0.2) is 0 Å². The molecule has 0 radical (unpaired) electrons. The molecule has 1 aliphatic rings. The lowest BCUT2D eigenvalue weighted by Crippen LogP contribution is -2.29. The van der Waals surface area contributed by atoms with Gasteiger partial charge in [-0.2, -0.15) is 0 Å². The highest BCUT2D eigenvalue weighted by Crippen LogP contribution is 2.29. The standard InChI is InChI=1S/C22H14N2O5/c25-19(23-15-4-2-1-3-5-15)13-6-9-16(10-7-13)24-20(26)17-11-8-14(22(28)29)12-18(17)21(24)27/h1-12H,(H,23,25)(H,28,29)/p-1. The van der Waals surface area contributed by atoms with Crippen molar-refractivity contribution in [2.24, 2.45) is 0 Å². The van der Waals surface area contributed by atoms with Crippen LogP contribution in [0.2, 0.25) is 0 Å².